The van der Waals surface area contributed by atoms with Gasteiger partial charge in [0, 0.05) is 47.5 Å². The first kappa shape index (κ1) is 27.8. The highest BCUT2D eigenvalue weighted by Crippen LogP contribution is 2.19. The number of carbonyl (C=O) groups excluding carboxylic acids is 2. The largest absolute Gasteiger partial charge is 0.410 e. The van der Waals surface area contributed by atoms with Crippen molar-refractivity contribution >= 4 is 68.0 Å². The van der Waals surface area contributed by atoms with Gasteiger partial charge in [-0.1, -0.05) is 79.4 Å². The summed E-state index contributed by atoms with van der Waals surface area (Å²) in [4.78, 5) is 24.4. The lowest BCUT2D eigenvalue weighted by Crippen LogP contribution is -2.34. The SMILES string of the molecule is O=C(NCCSSCCNC(=O)/C(Cc1cccc(Cl)c1)=N/O)/C(Cc1cccc(Cl)c1)=N/O. The number of carbonyl (C=O) groups is 2. The molecule has 0 aliphatic heterocycles. The molecule has 0 aromatic heterocycles. The van der Waals surface area contributed by atoms with Gasteiger partial charge in [0.25, 0.3) is 11.8 Å². The number of oxime groups is 2. The molecule has 0 bridgehead atoms. The summed E-state index contributed by atoms with van der Waals surface area (Å²) in [5.41, 5.74) is 1.54. The van der Waals surface area contributed by atoms with Crippen LogP contribution in [-0.4, -0.2) is 58.2 Å². The lowest BCUT2D eigenvalue weighted by molar-refractivity contribution is -0.115. The Balaban J connectivity index is 1.59. The Labute approximate surface area is 215 Å². The van der Waals surface area contributed by atoms with Gasteiger partial charge in [-0.3, -0.25) is 9.59 Å². The number of hydrogen-bond donors (Lipinski definition) is 4. The molecule has 0 radical (unpaired) electrons. The molecule has 2 rings (SSSR count). The lowest BCUT2D eigenvalue weighted by atomic mass is 10.1. The molecule has 0 unspecified atom stereocenters. The van der Waals surface area contributed by atoms with Crippen molar-refractivity contribution in [3.63, 3.8) is 0 Å². The third-order valence-electron chi connectivity index (χ3n) is 4.31. The van der Waals surface area contributed by atoms with Gasteiger partial charge in [-0.2, -0.15) is 0 Å². The molecule has 2 amide bonds. The standard InChI is InChI=1S/C22H24Cl2N4O4S2/c23-17-5-1-3-15(11-17)13-19(27-31)21(29)25-7-9-33-34-10-8-26-22(30)20(28-32)14-16-4-2-6-18(24)12-16/h1-6,11-12,31-32H,7-10,13-14H2,(H,25,29)(H,26,30)/b27-19+,28-20+. The first-order chi connectivity index (χ1) is 16.4. The second-order valence-electron chi connectivity index (χ2n) is 6.86. The minimum absolute atomic E-state index is 0.00163. The molecule has 0 aliphatic carbocycles. The number of nitrogens with zero attached hydrogens (tertiary/aromatic N) is 2. The Hall–Kier alpha value is -2.40. The van der Waals surface area contributed by atoms with Crippen LogP contribution in [0.15, 0.2) is 58.8 Å². The van der Waals surface area contributed by atoms with E-state index in [1.54, 1.807) is 48.5 Å². The maximum absolute atomic E-state index is 12.2. The monoisotopic (exact) mass is 542 g/mol. The van der Waals surface area contributed by atoms with Crippen molar-refractivity contribution < 1.29 is 20.0 Å². The zero-order valence-electron chi connectivity index (χ0n) is 18.0. The molecule has 4 N–H and O–H groups in total. The van der Waals surface area contributed by atoms with Gasteiger partial charge in [0.2, 0.25) is 0 Å². The van der Waals surface area contributed by atoms with E-state index >= 15 is 0 Å². The minimum Gasteiger partial charge on any atom is -0.410 e. The van der Waals surface area contributed by atoms with Gasteiger partial charge in [-0.25, -0.2) is 0 Å². The van der Waals surface area contributed by atoms with Crippen LogP contribution in [0, 0.1) is 0 Å². The summed E-state index contributed by atoms with van der Waals surface area (Å²) in [6, 6.07) is 14.0. The molecule has 0 aliphatic rings. The topological polar surface area (TPSA) is 123 Å². The zero-order chi connectivity index (χ0) is 24.8. The van der Waals surface area contributed by atoms with E-state index in [0.29, 0.717) is 34.6 Å². The first-order valence-corrected chi connectivity index (χ1v) is 13.4. The average molecular weight is 543 g/mol. The van der Waals surface area contributed by atoms with Crippen molar-refractivity contribution in [2.45, 2.75) is 12.8 Å². The molecule has 0 spiro atoms. The van der Waals surface area contributed by atoms with Crippen LogP contribution in [0.3, 0.4) is 0 Å². The summed E-state index contributed by atoms with van der Waals surface area (Å²) in [6.07, 6.45) is 0.335. The second-order valence-corrected chi connectivity index (χ2v) is 10.4. The van der Waals surface area contributed by atoms with Crippen LogP contribution in [0.25, 0.3) is 0 Å². The molecule has 34 heavy (non-hydrogen) atoms. The molecule has 0 fully saturated rings. The van der Waals surface area contributed by atoms with Crippen LogP contribution in [0.4, 0.5) is 0 Å². The normalized spacial score (nSPS) is 11.8. The number of nitrogens with one attached hydrogen (secondary N) is 2. The Morgan fingerprint density at radius 3 is 1.53 bits per heavy atom. The van der Waals surface area contributed by atoms with Gasteiger partial charge in [0.05, 0.1) is 0 Å². The second kappa shape index (κ2) is 15.5. The molecule has 0 saturated heterocycles. The minimum atomic E-state index is -0.448. The van der Waals surface area contributed by atoms with Crippen LogP contribution in [0.5, 0.6) is 0 Å². The number of amides is 2. The van der Waals surface area contributed by atoms with Crippen LogP contribution in [-0.2, 0) is 22.4 Å². The van der Waals surface area contributed by atoms with Crippen molar-refractivity contribution in [1.82, 2.24) is 10.6 Å². The summed E-state index contributed by atoms with van der Waals surface area (Å²) in [7, 11) is 3.05. The Bertz CT molecular complexity index is 956. The molecule has 12 heteroatoms. The van der Waals surface area contributed by atoms with Crippen molar-refractivity contribution in [1.29, 1.82) is 0 Å². The maximum Gasteiger partial charge on any atom is 0.269 e. The fourth-order valence-electron chi connectivity index (χ4n) is 2.74. The third kappa shape index (κ3) is 10.3. The quantitative estimate of drug-likeness (QED) is 0.0994. The van der Waals surface area contributed by atoms with Gasteiger partial charge in [0.1, 0.15) is 11.4 Å². The fraction of sp³-hybridized carbons (Fsp3) is 0.273. The van der Waals surface area contributed by atoms with Gasteiger partial charge < -0.3 is 21.0 Å². The number of benzene rings is 2. The Morgan fingerprint density at radius 1 is 0.765 bits per heavy atom. The smallest absolute Gasteiger partial charge is 0.269 e. The van der Waals surface area contributed by atoms with E-state index in [1.807, 2.05) is 0 Å². The molecule has 0 atom stereocenters. The van der Waals surface area contributed by atoms with Gasteiger partial charge >= 0.3 is 0 Å². The molecular weight excluding hydrogens is 519 g/mol. The Kier molecular flexibility index (Phi) is 12.7. The Morgan fingerprint density at radius 2 is 1.18 bits per heavy atom. The van der Waals surface area contributed by atoms with Crippen LogP contribution in [0.1, 0.15) is 11.1 Å². The van der Waals surface area contributed by atoms with Gasteiger partial charge in [-0.15, -0.1) is 0 Å². The van der Waals surface area contributed by atoms with Gasteiger partial charge in [-0.05, 0) is 35.4 Å². The summed E-state index contributed by atoms with van der Waals surface area (Å²) in [5, 5.41) is 31.0. The van der Waals surface area contributed by atoms with Crippen LogP contribution < -0.4 is 10.6 Å². The van der Waals surface area contributed by atoms with Gasteiger partial charge in [0.15, 0.2) is 0 Å². The molecule has 182 valence electrons. The average Bonchev–Trinajstić information content (AvgIpc) is 2.82. The molecule has 2 aromatic rings. The third-order valence-corrected chi connectivity index (χ3v) is 7.19. The first-order valence-electron chi connectivity index (χ1n) is 10.1. The number of halogens is 2. The number of hydrogen-bond acceptors (Lipinski definition) is 8. The molecule has 2 aromatic carbocycles. The van der Waals surface area contributed by atoms with Crippen molar-refractivity contribution in [3.05, 3.63) is 69.7 Å². The summed E-state index contributed by atoms with van der Waals surface area (Å²) >= 11 is 11.9. The summed E-state index contributed by atoms with van der Waals surface area (Å²) in [5.74, 6) is 0.350. The van der Waals surface area contributed by atoms with E-state index in [2.05, 4.69) is 20.9 Å². The van der Waals surface area contributed by atoms with E-state index < -0.39 is 11.8 Å². The van der Waals surface area contributed by atoms with E-state index in [4.69, 9.17) is 33.6 Å². The fourth-order valence-corrected chi connectivity index (χ4v) is 4.98. The lowest BCUT2D eigenvalue weighted by Gasteiger charge is -2.08. The maximum atomic E-state index is 12.2. The van der Waals surface area contributed by atoms with E-state index in [1.165, 1.54) is 21.6 Å². The van der Waals surface area contributed by atoms with E-state index in [-0.39, 0.29) is 24.3 Å². The van der Waals surface area contributed by atoms with E-state index in [0.717, 1.165) is 11.1 Å². The highest BCUT2D eigenvalue weighted by molar-refractivity contribution is 8.76. The highest BCUT2D eigenvalue weighted by atomic mass is 35.5. The molecule has 0 saturated carbocycles. The molecule has 8 nitrogen and oxygen atoms in total. The number of rotatable bonds is 13. The highest BCUT2D eigenvalue weighted by Gasteiger charge is 2.14. The van der Waals surface area contributed by atoms with Crippen LogP contribution in [0.2, 0.25) is 10.0 Å². The summed E-state index contributed by atoms with van der Waals surface area (Å²) in [6.45, 7) is 0.775. The van der Waals surface area contributed by atoms with Crippen molar-refractivity contribution in [2.24, 2.45) is 10.3 Å². The summed E-state index contributed by atoms with van der Waals surface area (Å²) < 4.78 is 0. The van der Waals surface area contributed by atoms with Crippen molar-refractivity contribution in [3.8, 4) is 0 Å². The zero-order valence-corrected chi connectivity index (χ0v) is 21.2. The predicted molar refractivity (Wildman–Crippen MR) is 140 cm³/mol. The molecular formula is C22H24Cl2N4O4S2. The predicted octanol–water partition coefficient (Wildman–Crippen LogP) is 4.05. The van der Waals surface area contributed by atoms with Crippen LogP contribution >= 0.6 is 44.8 Å². The van der Waals surface area contributed by atoms with E-state index in [9.17, 15) is 9.59 Å². The van der Waals surface area contributed by atoms with Crippen molar-refractivity contribution in [2.75, 3.05) is 24.6 Å². The molecule has 0 heterocycles.